The van der Waals surface area contributed by atoms with E-state index in [0.717, 1.165) is 5.56 Å². The van der Waals surface area contributed by atoms with Gasteiger partial charge >= 0.3 is 5.97 Å². The van der Waals surface area contributed by atoms with Gasteiger partial charge in [0.25, 0.3) is 0 Å². The number of methoxy groups -OCH3 is 1. The molecule has 0 fully saturated rings. The van der Waals surface area contributed by atoms with Gasteiger partial charge in [-0.3, -0.25) is 4.98 Å². The zero-order valence-corrected chi connectivity index (χ0v) is 8.61. The first kappa shape index (κ1) is 9.92. The molecule has 0 aliphatic heterocycles. The number of carbonyl (C=O) groups is 1. The molecule has 3 nitrogen and oxygen atoms in total. The number of esters is 1. The molecule has 1 aromatic rings. The first-order valence-electron chi connectivity index (χ1n) is 3.58. The van der Waals surface area contributed by atoms with Gasteiger partial charge in [0, 0.05) is 12.4 Å². The number of rotatable bonds is 2. The van der Waals surface area contributed by atoms with E-state index in [9.17, 15) is 4.79 Å². The SMILES string of the molecule is COC(=O)c1cncc(/C=C/Br)c1. The summed E-state index contributed by atoms with van der Waals surface area (Å²) in [5.41, 5.74) is 1.30. The summed E-state index contributed by atoms with van der Waals surface area (Å²) in [7, 11) is 1.34. The van der Waals surface area contributed by atoms with Crippen molar-refractivity contribution in [1.82, 2.24) is 4.98 Å². The average Bonchev–Trinajstić information content (AvgIpc) is 2.18. The van der Waals surface area contributed by atoms with Gasteiger partial charge in [-0.25, -0.2) is 4.79 Å². The molecule has 0 saturated carbocycles. The summed E-state index contributed by atoms with van der Waals surface area (Å²) < 4.78 is 4.55. The van der Waals surface area contributed by atoms with Crippen LogP contribution in [0.1, 0.15) is 15.9 Å². The summed E-state index contributed by atoms with van der Waals surface area (Å²) in [6.07, 6.45) is 4.92. The van der Waals surface area contributed by atoms with Gasteiger partial charge in [-0.2, -0.15) is 0 Å². The zero-order chi connectivity index (χ0) is 9.68. The van der Waals surface area contributed by atoms with E-state index in [1.165, 1.54) is 13.3 Å². The van der Waals surface area contributed by atoms with Crippen LogP contribution in [0, 0.1) is 0 Å². The maximum Gasteiger partial charge on any atom is 0.339 e. The Morgan fingerprint density at radius 3 is 3.00 bits per heavy atom. The van der Waals surface area contributed by atoms with Crippen molar-refractivity contribution in [3.05, 3.63) is 34.6 Å². The summed E-state index contributed by atoms with van der Waals surface area (Å²) in [5.74, 6) is -0.377. The highest BCUT2D eigenvalue weighted by Gasteiger charge is 2.04. The Morgan fingerprint density at radius 2 is 2.38 bits per heavy atom. The lowest BCUT2D eigenvalue weighted by atomic mass is 10.2. The predicted octanol–water partition coefficient (Wildman–Crippen LogP) is 2.23. The second kappa shape index (κ2) is 4.77. The number of hydrogen-bond acceptors (Lipinski definition) is 3. The molecule has 0 N–H and O–H groups in total. The molecular weight excluding hydrogens is 234 g/mol. The Hall–Kier alpha value is -1.16. The maximum atomic E-state index is 11.1. The van der Waals surface area contributed by atoms with Gasteiger partial charge in [-0.1, -0.05) is 15.9 Å². The van der Waals surface area contributed by atoms with Crippen molar-refractivity contribution < 1.29 is 9.53 Å². The third kappa shape index (κ3) is 2.66. The van der Waals surface area contributed by atoms with E-state index < -0.39 is 0 Å². The molecule has 0 spiro atoms. The van der Waals surface area contributed by atoms with Crippen molar-refractivity contribution in [2.75, 3.05) is 7.11 Å². The van der Waals surface area contributed by atoms with Gasteiger partial charge in [0.2, 0.25) is 0 Å². The zero-order valence-electron chi connectivity index (χ0n) is 7.03. The fraction of sp³-hybridized carbons (Fsp3) is 0.111. The van der Waals surface area contributed by atoms with Crippen LogP contribution < -0.4 is 0 Å². The van der Waals surface area contributed by atoms with Crippen molar-refractivity contribution in [1.29, 1.82) is 0 Å². The number of halogens is 1. The minimum atomic E-state index is -0.377. The monoisotopic (exact) mass is 241 g/mol. The molecule has 0 radical (unpaired) electrons. The highest BCUT2D eigenvalue weighted by atomic mass is 79.9. The Labute approximate surface area is 84.6 Å². The van der Waals surface area contributed by atoms with E-state index >= 15 is 0 Å². The predicted molar refractivity (Wildman–Crippen MR) is 53.5 cm³/mol. The van der Waals surface area contributed by atoms with E-state index in [1.54, 1.807) is 23.3 Å². The first-order valence-corrected chi connectivity index (χ1v) is 4.49. The van der Waals surface area contributed by atoms with E-state index in [2.05, 4.69) is 25.7 Å². The topological polar surface area (TPSA) is 39.2 Å². The summed E-state index contributed by atoms with van der Waals surface area (Å²) in [6, 6.07) is 1.70. The van der Waals surface area contributed by atoms with Crippen LogP contribution in [0.3, 0.4) is 0 Å². The fourth-order valence-corrected chi connectivity index (χ4v) is 1.16. The molecular formula is C9H8BrNO2. The van der Waals surface area contributed by atoms with Crippen molar-refractivity contribution in [3.8, 4) is 0 Å². The lowest BCUT2D eigenvalue weighted by molar-refractivity contribution is 0.0600. The van der Waals surface area contributed by atoms with Gasteiger partial charge < -0.3 is 4.74 Å². The molecule has 0 aliphatic carbocycles. The van der Waals surface area contributed by atoms with E-state index in [4.69, 9.17) is 0 Å². The van der Waals surface area contributed by atoms with E-state index in [-0.39, 0.29) is 5.97 Å². The van der Waals surface area contributed by atoms with Crippen LogP contribution in [0.2, 0.25) is 0 Å². The fourth-order valence-electron chi connectivity index (χ4n) is 0.851. The lowest BCUT2D eigenvalue weighted by Gasteiger charge is -1.98. The van der Waals surface area contributed by atoms with Crippen LogP contribution in [-0.4, -0.2) is 18.1 Å². The van der Waals surface area contributed by atoms with E-state index in [0.29, 0.717) is 5.56 Å². The molecule has 68 valence electrons. The van der Waals surface area contributed by atoms with Crippen molar-refractivity contribution in [3.63, 3.8) is 0 Å². The second-order valence-electron chi connectivity index (χ2n) is 2.29. The van der Waals surface area contributed by atoms with Crippen LogP contribution in [0.25, 0.3) is 6.08 Å². The number of hydrogen-bond donors (Lipinski definition) is 0. The maximum absolute atomic E-state index is 11.1. The molecule has 0 saturated heterocycles. The number of ether oxygens (including phenoxy) is 1. The third-order valence-corrected chi connectivity index (χ3v) is 1.70. The largest absolute Gasteiger partial charge is 0.465 e. The Bertz CT molecular complexity index is 336. The Morgan fingerprint density at radius 1 is 1.62 bits per heavy atom. The Balaban J connectivity index is 2.98. The normalized spacial score (nSPS) is 10.3. The molecule has 4 heteroatoms. The molecule has 1 heterocycles. The molecule has 0 aliphatic rings. The van der Waals surface area contributed by atoms with Crippen molar-refractivity contribution in [2.45, 2.75) is 0 Å². The second-order valence-corrected chi connectivity index (χ2v) is 2.82. The molecule has 0 bridgehead atoms. The molecule has 13 heavy (non-hydrogen) atoms. The summed E-state index contributed by atoms with van der Waals surface area (Å²) in [6.45, 7) is 0. The summed E-state index contributed by atoms with van der Waals surface area (Å²) >= 11 is 3.14. The van der Waals surface area contributed by atoms with E-state index in [1.807, 2.05) is 0 Å². The number of carbonyl (C=O) groups excluding carboxylic acids is 1. The van der Waals surface area contributed by atoms with Crippen molar-refractivity contribution in [2.24, 2.45) is 0 Å². The Kier molecular flexibility index (Phi) is 3.64. The molecule has 0 amide bonds. The standard InChI is InChI=1S/C9H8BrNO2/c1-13-9(12)8-4-7(2-3-10)5-11-6-8/h2-6H,1H3/b3-2+. The molecule has 0 atom stereocenters. The molecule has 0 unspecified atom stereocenters. The number of aromatic nitrogens is 1. The number of pyridine rings is 1. The van der Waals surface area contributed by atoms with Gasteiger partial charge in [0.15, 0.2) is 0 Å². The third-order valence-electron chi connectivity index (χ3n) is 1.44. The smallest absolute Gasteiger partial charge is 0.339 e. The van der Waals surface area contributed by atoms with Crippen LogP contribution in [0.15, 0.2) is 23.4 Å². The summed E-state index contributed by atoms with van der Waals surface area (Å²) in [5, 5.41) is 0. The minimum absolute atomic E-state index is 0.377. The van der Waals surface area contributed by atoms with Crippen LogP contribution in [0.5, 0.6) is 0 Å². The average molecular weight is 242 g/mol. The summed E-state index contributed by atoms with van der Waals surface area (Å²) in [4.78, 5) is 16.7. The number of nitrogens with zero attached hydrogens (tertiary/aromatic N) is 1. The van der Waals surface area contributed by atoms with Crippen molar-refractivity contribution >= 4 is 28.0 Å². The van der Waals surface area contributed by atoms with Gasteiger partial charge in [-0.15, -0.1) is 0 Å². The molecule has 1 rings (SSSR count). The van der Waals surface area contributed by atoms with Gasteiger partial charge in [0.1, 0.15) is 0 Å². The first-order chi connectivity index (χ1) is 6.27. The van der Waals surface area contributed by atoms with Crippen LogP contribution >= 0.6 is 15.9 Å². The molecule has 1 aromatic heterocycles. The lowest BCUT2D eigenvalue weighted by Crippen LogP contribution is -2.01. The molecule has 0 aromatic carbocycles. The van der Waals surface area contributed by atoms with Crippen LogP contribution in [0.4, 0.5) is 0 Å². The minimum Gasteiger partial charge on any atom is -0.465 e. The van der Waals surface area contributed by atoms with Gasteiger partial charge in [0.05, 0.1) is 12.7 Å². The highest BCUT2D eigenvalue weighted by Crippen LogP contribution is 2.06. The van der Waals surface area contributed by atoms with Gasteiger partial charge in [-0.05, 0) is 22.7 Å². The highest BCUT2D eigenvalue weighted by molar-refractivity contribution is 9.11. The van der Waals surface area contributed by atoms with Crippen LogP contribution in [-0.2, 0) is 4.74 Å². The quantitative estimate of drug-likeness (QED) is 0.746.